The summed E-state index contributed by atoms with van der Waals surface area (Å²) < 4.78 is 1.66. The van der Waals surface area contributed by atoms with E-state index in [4.69, 9.17) is 5.73 Å². The van der Waals surface area contributed by atoms with Crippen LogP contribution in [0.3, 0.4) is 0 Å². The highest BCUT2D eigenvalue weighted by molar-refractivity contribution is 5.76. The largest absolute Gasteiger partial charge is 0.382 e. The van der Waals surface area contributed by atoms with Crippen molar-refractivity contribution in [2.24, 2.45) is 0 Å². The molecule has 0 aromatic carbocycles. The lowest BCUT2D eigenvalue weighted by molar-refractivity contribution is -0.130. The van der Waals surface area contributed by atoms with Gasteiger partial charge in [-0.1, -0.05) is 0 Å². The maximum atomic E-state index is 11.8. The van der Waals surface area contributed by atoms with Gasteiger partial charge in [0.25, 0.3) is 0 Å². The molecule has 2 heterocycles. The third-order valence-electron chi connectivity index (χ3n) is 2.74. The Morgan fingerprint density at radius 2 is 2.20 bits per heavy atom. The number of nitrogen functional groups attached to an aromatic ring is 1. The number of anilines is 1. The number of hydrogen-bond acceptors (Lipinski definition) is 3. The van der Waals surface area contributed by atoms with Gasteiger partial charge in [0, 0.05) is 24.8 Å². The Kier molecular flexibility index (Phi) is 2.62. The molecule has 5 nitrogen and oxygen atoms in total. The molecule has 0 radical (unpaired) electrons. The number of aryl methyl sites for hydroxylation is 1. The van der Waals surface area contributed by atoms with Crippen molar-refractivity contribution in [3.05, 3.63) is 11.8 Å². The molecule has 0 unspecified atom stereocenters. The summed E-state index contributed by atoms with van der Waals surface area (Å²) in [5.41, 5.74) is 6.48. The lowest BCUT2D eigenvalue weighted by Gasteiger charge is -2.15. The molecule has 5 heteroatoms. The first kappa shape index (κ1) is 10.0. The van der Waals surface area contributed by atoms with E-state index in [1.54, 1.807) is 10.7 Å². The SMILES string of the molecule is Cc1cc(N)nn1CC(=O)N1CCCC1. The molecule has 1 saturated heterocycles. The Bertz CT molecular complexity index is 365. The molecule has 0 spiro atoms. The Morgan fingerprint density at radius 1 is 1.53 bits per heavy atom. The second-order valence-corrected chi connectivity index (χ2v) is 3.96. The summed E-state index contributed by atoms with van der Waals surface area (Å²) in [6, 6.07) is 1.78. The number of amides is 1. The molecule has 2 rings (SSSR count). The zero-order chi connectivity index (χ0) is 10.8. The molecule has 1 amide bonds. The van der Waals surface area contributed by atoms with Gasteiger partial charge >= 0.3 is 0 Å². The van der Waals surface area contributed by atoms with Crippen molar-refractivity contribution in [1.29, 1.82) is 0 Å². The van der Waals surface area contributed by atoms with E-state index >= 15 is 0 Å². The van der Waals surface area contributed by atoms with Crippen LogP contribution in [0.5, 0.6) is 0 Å². The smallest absolute Gasteiger partial charge is 0.244 e. The monoisotopic (exact) mass is 208 g/mol. The van der Waals surface area contributed by atoms with E-state index < -0.39 is 0 Å². The minimum atomic E-state index is 0.138. The fourth-order valence-electron chi connectivity index (χ4n) is 1.89. The number of nitrogens with two attached hydrogens (primary N) is 1. The number of nitrogens with zero attached hydrogens (tertiary/aromatic N) is 3. The second kappa shape index (κ2) is 3.92. The molecule has 1 aliphatic rings. The normalized spacial score (nSPS) is 15.9. The van der Waals surface area contributed by atoms with Gasteiger partial charge in [-0.3, -0.25) is 9.48 Å². The van der Waals surface area contributed by atoms with Crippen molar-refractivity contribution in [2.75, 3.05) is 18.8 Å². The van der Waals surface area contributed by atoms with Gasteiger partial charge in [0.05, 0.1) is 0 Å². The summed E-state index contributed by atoms with van der Waals surface area (Å²) in [5.74, 6) is 0.612. The molecule has 82 valence electrons. The van der Waals surface area contributed by atoms with Gasteiger partial charge in [0.2, 0.25) is 5.91 Å². The van der Waals surface area contributed by atoms with Gasteiger partial charge in [-0.2, -0.15) is 5.10 Å². The van der Waals surface area contributed by atoms with Crippen molar-refractivity contribution in [3.8, 4) is 0 Å². The van der Waals surface area contributed by atoms with Crippen LogP contribution in [0.25, 0.3) is 0 Å². The van der Waals surface area contributed by atoms with Gasteiger partial charge in [-0.15, -0.1) is 0 Å². The minimum Gasteiger partial charge on any atom is -0.382 e. The molecule has 1 aromatic rings. The third-order valence-corrected chi connectivity index (χ3v) is 2.74. The zero-order valence-electron chi connectivity index (χ0n) is 8.94. The summed E-state index contributed by atoms with van der Waals surface area (Å²) in [6.07, 6.45) is 2.23. The number of likely N-dealkylation sites (tertiary alicyclic amines) is 1. The van der Waals surface area contributed by atoms with Gasteiger partial charge in [0.1, 0.15) is 12.4 Å². The van der Waals surface area contributed by atoms with E-state index in [-0.39, 0.29) is 5.91 Å². The fourth-order valence-corrected chi connectivity index (χ4v) is 1.89. The first-order chi connectivity index (χ1) is 7.16. The first-order valence-corrected chi connectivity index (χ1v) is 5.24. The van der Waals surface area contributed by atoms with E-state index in [9.17, 15) is 4.79 Å². The summed E-state index contributed by atoms with van der Waals surface area (Å²) >= 11 is 0. The van der Waals surface area contributed by atoms with Gasteiger partial charge in [-0.05, 0) is 19.8 Å². The predicted molar refractivity (Wildman–Crippen MR) is 57.2 cm³/mol. The van der Waals surface area contributed by atoms with Crippen LogP contribution in [-0.4, -0.2) is 33.7 Å². The topological polar surface area (TPSA) is 64.1 Å². The highest BCUT2D eigenvalue weighted by Gasteiger charge is 2.18. The Balaban J connectivity index is 2.01. The zero-order valence-corrected chi connectivity index (χ0v) is 8.94. The summed E-state index contributed by atoms with van der Waals surface area (Å²) in [6.45, 7) is 3.98. The molecule has 1 fully saturated rings. The van der Waals surface area contributed by atoms with Crippen molar-refractivity contribution < 1.29 is 4.79 Å². The molecule has 1 aromatic heterocycles. The van der Waals surface area contributed by atoms with Crippen LogP contribution < -0.4 is 5.73 Å². The minimum absolute atomic E-state index is 0.138. The van der Waals surface area contributed by atoms with Crippen molar-refractivity contribution in [3.63, 3.8) is 0 Å². The van der Waals surface area contributed by atoms with E-state index in [0.717, 1.165) is 31.6 Å². The lowest BCUT2D eigenvalue weighted by Crippen LogP contribution is -2.31. The Hall–Kier alpha value is -1.52. The average Bonchev–Trinajstić information content (AvgIpc) is 2.76. The standard InChI is InChI=1S/C10H16N4O/c1-8-6-9(11)12-14(8)7-10(15)13-4-2-3-5-13/h6H,2-5,7H2,1H3,(H2,11,12). The maximum Gasteiger partial charge on any atom is 0.244 e. The molecule has 15 heavy (non-hydrogen) atoms. The molecule has 2 N–H and O–H groups in total. The lowest BCUT2D eigenvalue weighted by atomic mass is 10.4. The highest BCUT2D eigenvalue weighted by Crippen LogP contribution is 2.10. The number of carbonyl (C=O) groups excluding carboxylic acids is 1. The van der Waals surface area contributed by atoms with Gasteiger partial charge in [0.15, 0.2) is 0 Å². The summed E-state index contributed by atoms with van der Waals surface area (Å²) in [5, 5.41) is 4.07. The molecule has 0 bridgehead atoms. The Labute approximate surface area is 88.8 Å². The number of rotatable bonds is 2. The average molecular weight is 208 g/mol. The molecule has 0 saturated carbocycles. The summed E-state index contributed by atoms with van der Waals surface area (Å²) in [7, 11) is 0. The number of hydrogen-bond donors (Lipinski definition) is 1. The van der Waals surface area contributed by atoms with Crippen LogP contribution in [0.1, 0.15) is 18.5 Å². The number of carbonyl (C=O) groups is 1. The van der Waals surface area contributed by atoms with Crippen LogP contribution in [0.15, 0.2) is 6.07 Å². The van der Waals surface area contributed by atoms with Gasteiger partial charge in [-0.25, -0.2) is 0 Å². The van der Waals surface area contributed by atoms with Crippen LogP contribution in [-0.2, 0) is 11.3 Å². The molecule has 0 atom stereocenters. The second-order valence-electron chi connectivity index (χ2n) is 3.96. The highest BCUT2D eigenvalue weighted by atomic mass is 16.2. The molecular formula is C10H16N4O. The first-order valence-electron chi connectivity index (χ1n) is 5.24. The van der Waals surface area contributed by atoms with E-state index in [0.29, 0.717) is 12.4 Å². The van der Waals surface area contributed by atoms with E-state index in [1.807, 2.05) is 11.8 Å². The van der Waals surface area contributed by atoms with Crippen LogP contribution in [0.4, 0.5) is 5.82 Å². The van der Waals surface area contributed by atoms with Gasteiger partial charge < -0.3 is 10.6 Å². The third kappa shape index (κ3) is 2.11. The number of aromatic nitrogens is 2. The predicted octanol–water partition coefficient (Wildman–Crippen LogP) is 0.396. The van der Waals surface area contributed by atoms with Crippen LogP contribution in [0.2, 0.25) is 0 Å². The van der Waals surface area contributed by atoms with Crippen molar-refractivity contribution in [1.82, 2.24) is 14.7 Å². The maximum absolute atomic E-state index is 11.8. The fraction of sp³-hybridized carbons (Fsp3) is 0.600. The van der Waals surface area contributed by atoms with Crippen molar-refractivity contribution >= 4 is 11.7 Å². The molecule has 0 aliphatic carbocycles. The molecular weight excluding hydrogens is 192 g/mol. The van der Waals surface area contributed by atoms with E-state index in [1.165, 1.54) is 0 Å². The van der Waals surface area contributed by atoms with E-state index in [2.05, 4.69) is 5.10 Å². The summed E-state index contributed by atoms with van der Waals surface area (Å²) in [4.78, 5) is 13.7. The quantitative estimate of drug-likeness (QED) is 0.765. The molecule has 1 aliphatic heterocycles. The Morgan fingerprint density at radius 3 is 2.73 bits per heavy atom. The van der Waals surface area contributed by atoms with Crippen molar-refractivity contribution in [2.45, 2.75) is 26.3 Å². The van der Waals surface area contributed by atoms with Crippen LogP contribution in [0, 0.1) is 6.92 Å². The van der Waals surface area contributed by atoms with Crippen LogP contribution >= 0.6 is 0 Å².